The van der Waals surface area contributed by atoms with Gasteiger partial charge in [0.1, 0.15) is 0 Å². The van der Waals surface area contributed by atoms with Crippen molar-refractivity contribution in [2.45, 2.75) is 5.41 Å². The SMILES string of the molecule is c1ccc(-c2ccc(-n3c4ccccc4c4ccc(N(c5ccccc5)c5ccc6c(c5)C(c5ccccc5)(c5ccccc5)c5cccc(-c7ccc(-n8c9ccccc9c9ccccc98)cc7)c5-6)cc43)cc2)cc1. The van der Waals surface area contributed by atoms with Crippen LogP contribution in [0.3, 0.4) is 0 Å². The minimum Gasteiger partial charge on any atom is -0.310 e. The van der Waals surface area contributed by atoms with Gasteiger partial charge in [0.15, 0.2) is 0 Å². The lowest BCUT2D eigenvalue weighted by atomic mass is 9.67. The fourth-order valence-electron chi connectivity index (χ4n) is 12.7. The molecule has 3 nitrogen and oxygen atoms in total. The van der Waals surface area contributed by atoms with E-state index in [4.69, 9.17) is 0 Å². The van der Waals surface area contributed by atoms with Gasteiger partial charge in [-0.2, -0.15) is 0 Å². The van der Waals surface area contributed by atoms with Crippen molar-refractivity contribution in [2.75, 3.05) is 4.90 Å². The van der Waals surface area contributed by atoms with Crippen LogP contribution in [0.1, 0.15) is 22.3 Å². The molecular formula is C73H49N3. The second-order valence-electron chi connectivity index (χ2n) is 20.0. The maximum absolute atomic E-state index is 2.49. The van der Waals surface area contributed by atoms with Crippen LogP contribution in [0.15, 0.2) is 297 Å². The van der Waals surface area contributed by atoms with Gasteiger partial charge >= 0.3 is 0 Å². The highest BCUT2D eigenvalue weighted by Gasteiger charge is 2.47. The lowest BCUT2D eigenvalue weighted by Crippen LogP contribution is -2.28. The lowest BCUT2D eigenvalue weighted by Gasteiger charge is -2.35. The number of para-hydroxylation sites is 4. The number of aromatic nitrogens is 2. The first kappa shape index (κ1) is 43.6. The average molecular weight is 968 g/mol. The van der Waals surface area contributed by atoms with E-state index >= 15 is 0 Å². The van der Waals surface area contributed by atoms with Crippen molar-refractivity contribution in [3.05, 3.63) is 320 Å². The summed E-state index contributed by atoms with van der Waals surface area (Å²) < 4.78 is 4.83. The van der Waals surface area contributed by atoms with Crippen molar-refractivity contribution in [3.8, 4) is 44.8 Å². The Bertz CT molecular complexity index is 4380. The summed E-state index contributed by atoms with van der Waals surface area (Å²) in [6, 6.07) is 109. The van der Waals surface area contributed by atoms with E-state index in [-0.39, 0.29) is 0 Å². The summed E-state index contributed by atoms with van der Waals surface area (Å²) in [6.07, 6.45) is 0. The molecule has 1 aliphatic carbocycles. The van der Waals surface area contributed by atoms with Crippen LogP contribution in [-0.4, -0.2) is 9.13 Å². The van der Waals surface area contributed by atoms with Gasteiger partial charge in [0.2, 0.25) is 0 Å². The number of anilines is 3. The molecule has 0 unspecified atom stereocenters. The maximum Gasteiger partial charge on any atom is 0.0714 e. The molecule has 0 spiro atoms. The molecule has 0 aliphatic heterocycles. The molecule has 0 N–H and O–H groups in total. The molecule has 0 saturated heterocycles. The second kappa shape index (κ2) is 17.6. The first-order valence-corrected chi connectivity index (χ1v) is 26.3. The molecular weight excluding hydrogens is 919 g/mol. The molecule has 0 saturated carbocycles. The van der Waals surface area contributed by atoms with Gasteiger partial charge in [-0.05, 0) is 134 Å². The van der Waals surface area contributed by atoms with Gasteiger partial charge in [-0.3, -0.25) is 0 Å². The van der Waals surface area contributed by atoms with Crippen LogP contribution in [0.5, 0.6) is 0 Å². The molecule has 2 aromatic heterocycles. The largest absolute Gasteiger partial charge is 0.310 e. The van der Waals surface area contributed by atoms with Crippen molar-refractivity contribution in [2.24, 2.45) is 0 Å². The van der Waals surface area contributed by atoms with Gasteiger partial charge in [0, 0.05) is 50.0 Å². The topological polar surface area (TPSA) is 13.1 Å². The van der Waals surface area contributed by atoms with Gasteiger partial charge in [-0.25, -0.2) is 0 Å². The molecule has 0 fully saturated rings. The molecule has 0 radical (unpaired) electrons. The number of nitrogens with zero attached hydrogens (tertiary/aromatic N) is 3. The molecule has 3 heteroatoms. The Morgan fingerprint density at radius 2 is 0.711 bits per heavy atom. The van der Waals surface area contributed by atoms with Crippen molar-refractivity contribution in [1.82, 2.24) is 9.13 Å². The maximum atomic E-state index is 2.49. The molecule has 356 valence electrons. The zero-order chi connectivity index (χ0) is 50.2. The van der Waals surface area contributed by atoms with E-state index in [0.29, 0.717) is 0 Å². The van der Waals surface area contributed by atoms with E-state index in [1.807, 2.05) is 0 Å². The Morgan fingerprint density at radius 1 is 0.263 bits per heavy atom. The summed E-state index contributed by atoms with van der Waals surface area (Å²) in [5.74, 6) is 0. The van der Waals surface area contributed by atoms with Gasteiger partial charge in [-0.15, -0.1) is 0 Å². The Labute approximate surface area is 442 Å². The van der Waals surface area contributed by atoms with Gasteiger partial charge < -0.3 is 14.0 Å². The number of fused-ring (bicyclic) bond motifs is 9. The number of hydrogen-bond donors (Lipinski definition) is 0. The van der Waals surface area contributed by atoms with Crippen LogP contribution < -0.4 is 4.90 Å². The van der Waals surface area contributed by atoms with Crippen LogP contribution >= 0.6 is 0 Å². The molecule has 1 aliphatic rings. The smallest absolute Gasteiger partial charge is 0.0714 e. The van der Waals surface area contributed by atoms with Crippen LogP contribution in [0.25, 0.3) is 88.4 Å². The second-order valence-corrected chi connectivity index (χ2v) is 20.0. The molecule has 0 amide bonds. The fourth-order valence-corrected chi connectivity index (χ4v) is 12.7. The minimum absolute atomic E-state index is 0.632. The molecule has 0 bridgehead atoms. The summed E-state index contributed by atoms with van der Waals surface area (Å²) >= 11 is 0. The van der Waals surface area contributed by atoms with E-state index < -0.39 is 5.41 Å². The highest BCUT2D eigenvalue weighted by atomic mass is 15.1. The molecule has 0 atom stereocenters. The van der Waals surface area contributed by atoms with Gasteiger partial charge in [0.05, 0.1) is 27.5 Å². The molecule has 12 aromatic carbocycles. The third-order valence-corrected chi connectivity index (χ3v) is 16.0. The molecule has 15 rings (SSSR count). The predicted octanol–water partition coefficient (Wildman–Crippen LogP) is 19.0. The number of rotatable bonds is 9. The standard InChI is InChI=1S/C73H49N3/c1-5-20-50(21-6-1)51-36-40-57(41-37-51)76-70-35-18-15-30-63(70)64-46-44-59(49-71(64)76)74(55-26-11-4-12-27-55)58-45-47-65-67(48-58)73(53-22-7-2-8-23-53,54-24-9-3-10-25-54)66-32-19-31-60(72(65)66)52-38-42-56(43-39-52)75-68-33-16-13-28-61(68)62-29-14-17-34-69(62)75/h1-49H. The van der Waals surface area contributed by atoms with Crippen LogP contribution in [0.2, 0.25) is 0 Å². The summed E-state index contributed by atoms with van der Waals surface area (Å²) in [6.45, 7) is 0. The van der Waals surface area contributed by atoms with E-state index in [1.54, 1.807) is 0 Å². The highest BCUT2D eigenvalue weighted by Crippen LogP contribution is 2.59. The minimum atomic E-state index is -0.632. The summed E-state index contributed by atoms with van der Waals surface area (Å²) in [7, 11) is 0. The Morgan fingerprint density at radius 3 is 1.29 bits per heavy atom. The van der Waals surface area contributed by atoms with Crippen LogP contribution in [-0.2, 0) is 5.41 Å². The summed E-state index contributed by atoms with van der Waals surface area (Å²) in [5, 5.41) is 4.96. The monoisotopic (exact) mass is 967 g/mol. The van der Waals surface area contributed by atoms with Crippen LogP contribution in [0.4, 0.5) is 17.1 Å². The zero-order valence-corrected chi connectivity index (χ0v) is 41.6. The number of benzene rings is 12. The van der Waals surface area contributed by atoms with Crippen molar-refractivity contribution in [3.63, 3.8) is 0 Å². The Balaban J connectivity index is 0.929. The summed E-state index contributed by atoms with van der Waals surface area (Å²) in [4.78, 5) is 2.44. The fraction of sp³-hybridized carbons (Fsp3) is 0.0137. The van der Waals surface area contributed by atoms with Gasteiger partial charge in [-0.1, -0.05) is 218 Å². The molecule has 2 heterocycles. The first-order chi connectivity index (χ1) is 37.7. The van der Waals surface area contributed by atoms with Gasteiger partial charge in [0.25, 0.3) is 0 Å². The van der Waals surface area contributed by atoms with Crippen molar-refractivity contribution in [1.29, 1.82) is 0 Å². The van der Waals surface area contributed by atoms with Crippen LogP contribution in [0, 0.1) is 0 Å². The highest BCUT2D eigenvalue weighted by molar-refractivity contribution is 6.11. The van der Waals surface area contributed by atoms with E-state index in [0.717, 1.165) is 34.0 Å². The predicted molar refractivity (Wildman–Crippen MR) is 318 cm³/mol. The van der Waals surface area contributed by atoms with E-state index in [9.17, 15) is 0 Å². The Hall–Kier alpha value is -9.96. The van der Waals surface area contributed by atoms with Crippen molar-refractivity contribution >= 4 is 60.7 Å². The summed E-state index contributed by atoms with van der Waals surface area (Å²) in [5.41, 5.74) is 21.9. The van der Waals surface area contributed by atoms with E-state index in [2.05, 4.69) is 311 Å². The first-order valence-electron chi connectivity index (χ1n) is 26.3. The zero-order valence-electron chi connectivity index (χ0n) is 41.6. The number of hydrogen-bond acceptors (Lipinski definition) is 1. The normalized spacial score (nSPS) is 12.6. The quantitative estimate of drug-likeness (QED) is 0.140. The third-order valence-electron chi connectivity index (χ3n) is 16.0. The molecule has 14 aromatic rings. The lowest BCUT2D eigenvalue weighted by molar-refractivity contribution is 0.768. The van der Waals surface area contributed by atoms with E-state index in [1.165, 1.54) is 93.7 Å². The van der Waals surface area contributed by atoms with Crippen molar-refractivity contribution < 1.29 is 0 Å². The molecule has 76 heavy (non-hydrogen) atoms. The third kappa shape index (κ3) is 6.69. The average Bonchev–Trinajstić information content (AvgIpc) is 4.19. The Kier molecular flexibility index (Phi) is 10.1.